The van der Waals surface area contributed by atoms with E-state index in [1.807, 2.05) is 0 Å². The number of fused-ring (bicyclic) bond motifs is 1. The Balaban J connectivity index is 2.75. The largest absolute Gasteiger partial charge is 0.291 e. The molecular weight excluding hydrogens is 278 g/mol. The smallest absolute Gasteiger partial charge is 0.191 e. The fourth-order valence-electron chi connectivity index (χ4n) is 1.70. The molecule has 0 spiro atoms. The van der Waals surface area contributed by atoms with Crippen molar-refractivity contribution in [2.75, 3.05) is 6.26 Å². The number of nitriles is 1. The van der Waals surface area contributed by atoms with Crippen LogP contribution < -0.4 is 5.73 Å². The quantitative estimate of drug-likeness (QED) is 0.750. The summed E-state index contributed by atoms with van der Waals surface area (Å²) in [7, 11) is -3.59. The summed E-state index contributed by atoms with van der Waals surface area (Å²) in [5, 5.41) is 13.2. The van der Waals surface area contributed by atoms with E-state index in [2.05, 4.69) is 5.10 Å². The van der Waals surface area contributed by atoms with E-state index in [0.717, 1.165) is 11.2 Å². The molecular formula is C9H10ClN5O2S. The van der Waals surface area contributed by atoms with E-state index in [0.29, 0.717) is 16.4 Å². The zero-order valence-corrected chi connectivity index (χ0v) is 11.2. The summed E-state index contributed by atoms with van der Waals surface area (Å²) in [6, 6.07) is 0. The van der Waals surface area contributed by atoms with Crippen LogP contribution in [0.15, 0.2) is 5.03 Å². The first-order valence-electron chi connectivity index (χ1n) is 4.88. The maximum atomic E-state index is 11.6. The number of aromatic nitrogens is 2. The van der Waals surface area contributed by atoms with E-state index in [-0.39, 0.29) is 5.03 Å². The van der Waals surface area contributed by atoms with Crippen molar-refractivity contribution in [1.82, 2.24) is 14.7 Å². The number of rotatable bonds is 1. The number of hydrogen-bond acceptors (Lipinski definition) is 6. The lowest BCUT2D eigenvalue weighted by Gasteiger charge is -2.29. The second kappa shape index (κ2) is 3.98. The van der Waals surface area contributed by atoms with Crippen molar-refractivity contribution in [1.29, 1.82) is 5.26 Å². The van der Waals surface area contributed by atoms with Crippen LogP contribution in [-0.2, 0) is 9.84 Å². The molecule has 1 aliphatic heterocycles. The zero-order chi connectivity index (χ0) is 13.7. The Morgan fingerprint density at radius 2 is 2.22 bits per heavy atom. The summed E-state index contributed by atoms with van der Waals surface area (Å²) >= 11 is 6.02. The standard InChI is InChI=1S/C9H10ClN5O2S/c1-5-8(10)6-3-7(18(2,16)17)14(4-11)9(12)15(6)13-5/h3,9H,12H2,1-2H3. The van der Waals surface area contributed by atoms with E-state index in [1.165, 1.54) is 10.8 Å². The van der Waals surface area contributed by atoms with Crippen LogP contribution in [0.2, 0.25) is 5.02 Å². The lowest BCUT2D eigenvalue weighted by atomic mass is 10.3. The van der Waals surface area contributed by atoms with Gasteiger partial charge in [-0.2, -0.15) is 10.4 Å². The molecule has 1 aliphatic rings. The molecule has 2 rings (SSSR count). The van der Waals surface area contributed by atoms with Crippen LogP contribution in [0.5, 0.6) is 0 Å². The normalized spacial score (nSPS) is 19.2. The minimum Gasteiger partial charge on any atom is -0.291 e. The Morgan fingerprint density at radius 1 is 1.61 bits per heavy atom. The predicted octanol–water partition coefficient (Wildman–Crippen LogP) is 0.399. The van der Waals surface area contributed by atoms with E-state index in [9.17, 15) is 8.42 Å². The molecule has 0 aromatic carbocycles. The maximum absolute atomic E-state index is 11.6. The Bertz CT molecular complexity index is 685. The molecule has 1 atom stereocenters. The molecule has 0 radical (unpaired) electrons. The molecule has 0 fully saturated rings. The van der Waals surface area contributed by atoms with E-state index in [1.54, 1.807) is 13.1 Å². The molecule has 0 saturated carbocycles. The molecule has 7 nitrogen and oxygen atoms in total. The van der Waals surface area contributed by atoms with Crippen LogP contribution in [0.4, 0.5) is 0 Å². The third-order valence-corrected chi connectivity index (χ3v) is 4.09. The van der Waals surface area contributed by atoms with Crippen molar-refractivity contribution in [2.45, 2.75) is 13.2 Å². The number of sulfone groups is 1. The Kier molecular flexibility index (Phi) is 2.85. The topological polar surface area (TPSA) is 105 Å². The third kappa shape index (κ3) is 1.77. The second-order valence-corrected chi connectivity index (χ2v) is 6.21. The van der Waals surface area contributed by atoms with Crippen LogP contribution in [0.3, 0.4) is 0 Å². The molecule has 2 heterocycles. The number of hydrogen-bond donors (Lipinski definition) is 1. The first-order valence-corrected chi connectivity index (χ1v) is 7.15. The minimum atomic E-state index is -3.59. The molecule has 0 bridgehead atoms. The van der Waals surface area contributed by atoms with Gasteiger partial charge in [0.15, 0.2) is 22.3 Å². The maximum Gasteiger partial charge on any atom is 0.191 e. The monoisotopic (exact) mass is 287 g/mol. The average molecular weight is 288 g/mol. The molecule has 18 heavy (non-hydrogen) atoms. The number of aryl methyl sites for hydroxylation is 1. The van der Waals surface area contributed by atoms with Gasteiger partial charge in [0, 0.05) is 12.3 Å². The predicted molar refractivity (Wildman–Crippen MR) is 65.5 cm³/mol. The van der Waals surface area contributed by atoms with Gasteiger partial charge in [0.1, 0.15) is 5.03 Å². The number of halogens is 1. The highest BCUT2D eigenvalue weighted by atomic mass is 35.5. The minimum absolute atomic E-state index is 0.188. The second-order valence-electron chi connectivity index (χ2n) is 3.87. The molecule has 96 valence electrons. The Labute approximate surface area is 109 Å². The van der Waals surface area contributed by atoms with Gasteiger partial charge in [-0.1, -0.05) is 11.6 Å². The summed E-state index contributed by atoms with van der Waals surface area (Å²) in [5.74, 6) is 0. The first kappa shape index (κ1) is 12.9. The van der Waals surface area contributed by atoms with Crippen molar-refractivity contribution in [3.8, 4) is 6.19 Å². The SMILES string of the molecule is Cc1nn2c(c1Cl)C=C(S(C)(=O)=O)N(C#N)C2N. The summed E-state index contributed by atoms with van der Waals surface area (Å²) in [6.45, 7) is 1.67. The fraction of sp³-hybridized carbons (Fsp3) is 0.333. The Morgan fingerprint density at radius 3 is 2.72 bits per heavy atom. The molecule has 9 heteroatoms. The van der Waals surface area contributed by atoms with Gasteiger partial charge >= 0.3 is 0 Å². The summed E-state index contributed by atoms with van der Waals surface area (Å²) in [5.41, 5.74) is 6.71. The molecule has 0 amide bonds. The van der Waals surface area contributed by atoms with Crippen LogP contribution in [0.1, 0.15) is 17.7 Å². The van der Waals surface area contributed by atoms with Gasteiger partial charge in [0.05, 0.1) is 16.4 Å². The van der Waals surface area contributed by atoms with E-state index >= 15 is 0 Å². The molecule has 1 unspecified atom stereocenters. The third-order valence-electron chi connectivity index (χ3n) is 2.55. The lowest BCUT2D eigenvalue weighted by Crippen LogP contribution is -2.40. The van der Waals surface area contributed by atoms with Gasteiger partial charge in [0.2, 0.25) is 0 Å². The van der Waals surface area contributed by atoms with Gasteiger partial charge in [-0.3, -0.25) is 5.73 Å². The van der Waals surface area contributed by atoms with Crippen molar-refractivity contribution in [3.63, 3.8) is 0 Å². The highest BCUT2D eigenvalue weighted by molar-refractivity contribution is 7.94. The zero-order valence-electron chi connectivity index (χ0n) is 9.62. The van der Waals surface area contributed by atoms with Gasteiger partial charge in [-0.25, -0.2) is 18.0 Å². The molecule has 2 N–H and O–H groups in total. The van der Waals surface area contributed by atoms with E-state index < -0.39 is 16.1 Å². The highest BCUT2D eigenvalue weighted by Crippen LogP contribution is 2.32. The summed E-state index contributed by atoms with van der Waals surface area (Å²) in [6.07, 6.45) is 3.01. The first-order chi connectivity index (χ1) is 8.27. The van der Waals surface area contributed by atoms with Crippen LogP contribution in [0, 0.1) is 18.4 Å². The highest BCUT2D eigenvalue weighted by Gasteiger charge is 2.33. The fourth-order valence-corrected chi connectivity index (χ4v) is 2.71. The van der Waals surface area contributed by atoms with Gasteiger partial charge in [-0.15, -0.1) is 0 Å². The summed E-state index contributed by atoms with van der Waals surface area (Å²) < 4.78 is 24.6. The van der Waals surface area contributed by atoms with Crippen molar-refractivity contribution < 1.29 is 8.42 Å². The Hall–Kier alpha value is -1.56. The molecule has 1 aromatic heterocycles. The number of nitrogens with two attached hydrogens (primary N) is 1. The molecule has 0 aliphatic carbocycles. The van der Waals surface area contributed by atoms with Crippen LogP contribution in [-0.4, -0.2) is 29.4 Å². The molecule has 1 aromatic rings. The van der Waals surface area contributed by atoms with Gasteiger partial charge in [0.25, 0.3) is 0 Å². The van der Waals surface area contributed by atoms with Crippen LogP contribution in [0.25, 0.3) is 6.08 Å². The molecule has 0 saturated heterocycles. The van der Waals surface area contributed by atoms with Crippen molar-refractivity contribution >= 4 is 27.5 Å². The van der Waals surface area contributed by atoms with Crippen molar-refractivity contribution in [3.05, 3.63) is 21.4 Å². The van der Waals surface area contributed by atoms with Gasteiger partial charge < -0.3 is 0 Å². The van der Waals surface area contributed by atoms with Crippen molar-refractivity contribution in [2.24, 2.45) is 5.73 Å². The van der Waals surface area contributed by atoms with Gasteiger partial charge in [-0.05, 0) is 6.92 Å². The summed E-state index contributed by atoms with van der Waals surface area (Å²) in [4.78, 5) is 0.880. The van der Waals surface area contributed by atoms with E-state index in [4.69, 9.17) is 22.6 Å². The number of nitrogens with zero attached hydrogens (tertiary/aromatic N) is 4. The van der Waals surface area contributed by atoms with Crippen LogP contribution >= 0.6 is 11.6 Å². The average Bonchev–Trinajstić information content (AvgIpc) is 2.55. The lowest BCUT2D eigenvalue weighted by molar-refractivity contribution is 0.254.